The van der Waals surface area contributed by atoms with Gasteiger partial charge in [0.05, 0.1) is 0 Å². The number of carbonyl (C=O) groups is 1. The quantitative estimate of drug-likeness (QED) is 0.411. The Balaban J connectivity index is 2.42. The zero-order valence-electron chi connectivity index (χ0n) is 17.2. The summed E-state index contributed by atoms with van der Waals surface area (Å²) in [6.45, 7) is 15.3. The molecule has 1 aromatic carbocycles. The average Bonchev–Trinajstić information content (AvgIpc) is 2.74. The van der Waals surface area contributed by atoms with Crippen molar-refractivity contribution in [3.8, 4) is 0 Å². The van der Waals surface area contributed by atoms with Crippen molar-refractivity contribution in [2.24, 2.45) is 0 Å². The lowest BCUT2D eigenvalue weighted by Crippen LogP contribution is -2.37. The van der Waals surface area contributed by atoms with E-state index < -0.39 is 0 Å². The minimum absolute atomic E-state index is 0.0810. The third kappa shape index (κ3) is 6.70. The molecule has 29 heavy (non-hydrogen) atoms. The van der Waals surface area contributed by atoms with E-state index in [9.17, 15) is 4.79 Å². The normalized spacial score (nSPS) is 19.1. The highest BCUT2D eigenvalue weighted by Gasteiger charge is 2.26. The number of allylic oxidation sites excluding steroid dienone is 11. The molecule has 1 aromatic rings. The second-order valence-electron chi connectivity index (χ2n) is 6.79. The topological polar surface area (TPSA) is 20.3 Å². The maximum Gasteiger partial charge on any atom is 0.187 e. The van der Waals surface area contributed by atoms with Crippen LogP contribution in [0.2, 0.25) is 0 Å². The number of nitrogens with zero attached hydrogens (tertiary/aromatic N) is 1. The van der Waals surface area contributed by atoms with Crippen molar-refractivity contribution in [2.45, 2.75) is 13.5 Å². The maximum absolute atomic E-state index is 13.2. The van der Waals surface area contributed by atoms with Crippen molar-refractivity contribution in [2.75, 3.05) is 13.1 Å². The first-order valence-corrected chi connectivity index (χ1v) is 9.74. The van der Waals surface area contributed by atoms with Crippen molar-refractivity contribution in [1.29, 1.82) is 0 Å². The van der Waals surface area contributed by atoms with Crippen LogP contribution in [0.4, 0.5) is 0 Å². The van der Waals surface area contributed by atoms with E-state index in [0.717, 1.165) is 28.8 Å². The molecule has 2 heteroatoms. The van der Waals surface area contributed by atoms with E-state index in [0.29, 0.717) is 13.1 Å². The van der Waals surface area contributed by atoms with Gasteiger partial charge in [-0.15, -0.1) is 0 Å². The number of benzene rings is 1. The van der Waals surface area contributed by atoms with Crippen LogP contribution in [0.5, 0.6) is 0 Å². The van der Waals surface area contributed by atoms with Gasteiger partial charge in [0.2, 0.25) is 0 Å². The highest BCUT2D eigenvalue weighted by Crippen LogP contribution is 2.22. The van der Waals surface area contributed by atoms with Crippen LogP contribution in [0.25, 0.3) is 0 Å². The lowest BCUT2D eigenvalue weighted by atomic mass is 9.93. The summed E-state index contributed by atoms with van der Waals surface area (Å²) in [5.41, 5.74) is 4.63. The van der Waals surface area contributed by atoms with Gasteiger partial charge >= 0.3 is 0 Å². The molecule has 0 radical (unpaired) electrons. The number of carbonyl (C=O) groups excluding carboxylic acids is 1. The third-order valence-electron chi connectivity index (χ3n) is 4.61. The van der Waals surface area contributed by atoms with Crippen LogP contribution in [-0.4, -0.2) is 23.8 Å². The van der Waals surface area contributed by atoms with Crippen LogP contribution in [0, 0.1) is 0 Å². The molecule has 0 aliphatic carbocycles. The molecule has 1 saturated heterocycles. The van der Waals surface area contributed by atoms with E-state index in [1.165, 1.54) is 5.56 Å². The Morgan fingerprint density at radius 1 is 1.00 bits per heavy atom. The predicted octanol–water partition coefficient (Wildman–Crippen LogP) is 5.91. The van der Waals surface area contributed by atoms with Crippen LogP contribution >= 0.6 is 0 Å². The Morgan fingerprint density at radius 3 is 2.21 bits per heavy atom. The van der Waals surface area contributed by atoms with Crippen LogP contribution in [0.3, 0.4) is 0 Å². The molecule has 1 fully saturated rings. The standard InChI is InChI=1S/C27H29NO/c1-5-9-14-23(8-4)18-26-21-28(19-24-15-11-10-12-16-24)20-25(27(26)29)17-22(7-3)13-6-2/h5-18H,1-3,19-21H2,4H3/b14-9-,22-13+,23-8+,25-17+,26-18+. The number of Topliss-reactive ketones (excluding diaryl/α,β-unsaturated/α-hetero) is 1. The van der Waals surface area contributed by atoms with Crippen molar-refractivity contribution < 1.29 is 4.79 Å². The molecule has 148 valence electrons. The van der Waals surface area contributed by atoms with Gasteiger partial charge < -0.3 is 0 Å². The van der Waals surface area contributed by atoms with Crippen LogP contribution in [0.15, 0.2) is 127 Å². The summed E-state index contributed by atoms with van der Waals surface area (Å²) in [5, 5.41) is 0. The second-order valence-corrected chi connectivity index (χ2v) is 6.79. The molecule has 2 rings (SSSR count). The first kappa shape index (κ1) is 22.1. The fraction of sp³-hybridized carbons (Fsp3) is 0.148. The summed E-state index contributed by atoms with van der Waals surface area (Å²) >= 11 is 0. The van der Waals surface area contributed by atoms with Gasteiger partial charge in [0.25, 0.3) is 0 Å². The summed E-state index contributed by atoms with van der Waals surface area (Å²) in [6, 6.07) is 10.3. The summed E-state index contributed by atoms with van der Waals surface area (Å²) in [4.78, 5) is 15.5. The van der Waals surface area contributed by atoms with E-state index in [1.54, 1.807) is 18.2 Å². The highest BCUT2D eigenvalue weighted by molar-refractivity contribution is 6.10. The number of likely N-dealkylation sites (tertiary alicyclic amines) is 1. The second kappa shape index (κ2) is 11.6. The van der Waals surface area contributed by atoms with Gasteiger partial charge in [-0.05, 0) is 35.8 Å². The maximum atomic E-state index is 13.2. The van der Waals surface area contributed by atoms with Crippen LogP contribution < -0.4 is 0 Å². The molecule has 0 aromatic heterocycles. The van der Waals surface area contributed by atoms with Crippen molar-refractivity contribution in [1.82, 2.24) is 4.90 Å². The van der Waals surface area contributed by atoms with Crippen molar-refractivity contribution in [3.05, 3.63) is 133 Å². The monoisotopic (exact) mass is 383 g/mol. The Hall–Kier alpha value is -3.23. The largest absolute Gasteiger partial charge is 0.290 e. The average molecular weight is 384 g/mol. The fourth-order valence-electron chi connectivity index (χ4n) is 3.18. The van der Waals surface area contributed by atoms with Crippen molar-refractivity contribution >= 4 is 5.78 Å². The SMILES string of the molecule is C=C\C=C/C(=C\C)/C=C1\CN(Cc2ccccc2)C/C(=C\C(C=C)=C\C=C)C1=O. The van der Waals surface area contributed by atoms with E-state index in [1.807, 2.05) is 61.6 Å². The Morgan fingerprint density at radius 2 is 1.66 bits per heavy atom. The van der Waals surface area contributed by atoms with Gasteiger partial charge in [0.15, 0.2) is 5.78 Å². The Kier molecular flexibility index (Phi) is 8.81. The van der Waals surface area contributed by atoms with Gasteiger partial charge in [0.1, 0.15) is 0 Å². The molecular formula is C27H29NO. The predicted molar refractivity (Wildman–Crippen MR) is 124 cm³/mol. The summed E-state index contributed by atoms with van der Waals surface area (Å²) in [6.07, 6.45) is 16.7. The zero-order chi connectivity index (χ0) is 21.1. The van der Waals surface area contributed by atoms with E-state index in [4.69, 9.17) is 0 Å². The summed E-state index contributed by atoms with van der Waals surface area (Å²) in [5.74, 6) is 0.0810. The lowest BCUT2D eigenvalue weighted by Gasteiger charge is -2.30. The van der Waals surface area contributed by atoms with E-state index in [-0.39, 0.29) is 5.78 Å². The molecular weight excluding hydrogens is 354 g/mol. The van der Waals surface area contributed by atoms with Gasteiger partial charge in [-0.3, -0.25) is 9.69 Å². The molecule has 0 spiro atoms. The minimum Gasteiger partial charge on any atom is -0.290 e. The first-order chi connectivity index (χ1) is 14.1. The molecule has 2 nitrogen and oxygen atoms in total. The number of hydrogen-bond donors (Lipinski definition) is 0. The number of piperidine rings is 1. The molecule has 0 amide bonds. The van der Waals surface area contributed by atoms with Crippen molar-refractivity contribution in [3.63, 3.8) is 0 Å². The molecule has 0 saturated carbocycles. The molecule has 0 bridgehead atoms. The molecule has 1 aliphatic heterocycles. The minimum atomic E-state index is 0.0810. The van der Waals surface area contributed by atoms with Gasteiger partial charge in [-0.25, -0.2) is 0 Å². The van der Waals surface area contributed by atoms with Crippen LogP contribution in [0.1, 0.15) is 12.5 Å². The fourth-order valence-corrected chi connectivity index (χ4v) is 3.18. The lowest BCUT2D eigenvalue weighted by molar-refractivity contribution is -0.113. The first-order valence-electron chi connectivity index (χ1n) is 9.74. The molecule has 0 N–H and O–H groups in total. The van der Waals surface area contributed by atoms with Crippen LogP contribution in [-0.2, 0) is 11.3 Å². The summed E-state index contributed by atoms with van der Waals surface area (Å²) in [7, 11) is 0. The summed E-state index contributed by atoms with van der Waals surface area (Å²) < 4.78 is 0. The van der Waals surface area contributed by atoms with Gasteiger partial charge in [0, 0.05) is 30.8 Å². The molecule has 0 atom stereocenters. The Labute approximate surface area is 174 Å². The smallest absolute Gasteiger partial charge is 0.187 e. The number of hydrogen-bond acceptors (Lipinski definition) is 2. The number of rotatable bonds is 8. The van der Waals surface area contributed by atoms with E-state index >= 15 is 0 Å². The molecule has 0 unspecified atom stereocenters. The van der Waals surface area contributed by atoms with E-state index in [2.05, 4.69) is 36.8 Å². The Bertz CT molecular complexity index is 907. The molecule has 1 aliphatic rings. The van der Waals surface area contributed by atoms with Gasteiger partial charge in [-0.2, -0.15) is 0 Å². The highest BCUT2D eigenvalue weighted by atomic mass is 16.1. The zero-order valence-corrected chi connectivity index (χ0v) is 17.2. The van der Waals surface area contributed by atoms with Gasteiger partial charge in [-0.1, -0.05) is 92.6 Å². The third-order valence-corrected chi connectivity index (χ3v) is 4.61. The number of ketones is 1. The molecule has 1 heterocycles.